The summed E-state index contributed by atoms with van der Waals surface area (Å²) in [5.41, 5.74) is 0.857. The number of rotatable bonds is 6. The van der Waals surface area contributed by atoms with E-state index in [-0.39, 0.29) is 17.4 Å². The van der Waals surface area contributed by atoms with Crippen LogP contribution in [0.1, 0.15) is 44.0 Å². The number of methoxy groups -OCH3 is 1. The minimum absolute atomic E-state index is 0.167. The van der Waals surface area contributed by atoms with E-state index in [1.165, 1.54) is 7.11 Å². The third kappa shape index (κ3) is 6.35. The molecule has 122 valence electrons. The van der Waals surface area contributed by atoms with E-state index in [2.05, 4.69) is 15.4 Å². The molecular weight excluding hydrogens is 304 g/mol. The lowest BCUT2D eigenvalue weighted by Gasteiger charge is -2.22. The van der Waals surface area contributed by atoms with Crippen LogP contribution in [0.25, 0.3) is 0 Å². The van der Waals surface area contributed by atoms with Gasteiger partial charge in [-0.3, -0.25) is 9.59 Å². The lowest BCUT2D eigenvalue weighted by molar-refractivity contribution is -0.140. The third-order valence-electron chi connectivity index (χ3n) is 2.82. The highest BCUT2D eigenvalue weighted by atomic mass is 35.5. The zero-order valence-corrected chi connectivity index (χ0v) is 14.2. The Bertz CT molecular complexity index is 539. The Morgan fingerprint density at radius 1 is 1.27 bits per heavy atom. The normalized spacial score (nSPS) is 11.0. The average molecular weight is 327 g/mol. The van der Waals surface area contributed by atoms with Crippen molar-refractivity contribution in [2.75, 3.05) is 19.0 Å². The Hall–Kier alpha value is -1.75. The lowest BCUT2D eigenvalue weighted by atomic mass is 10.1. The topological polar surface area (TPSA) is 67.4 Å². The highest BCUT2D eigenvalue weighted by molar-refractivity contribution is 6.31. The number of halogens is 1. The fourth-order valence-corrected chi connectivity index (χ4v) is 2.00. The van der Waals surface area contributed by atoms with E-state index in [0.29, 0.717) is 35.7 Å². The quantitative estimate of drug-likeness (QED) is 0.622. The van der Waals surface area contributed by atoms with Crippen LogP contribution in [0, 0.1) is 0 Å². The Morgan fingerprint density at radius 3 is 2.55 bits per heavy atom. The number of benzene rings is 1. The maximum Gasteiger partial charge on any atom is 0.305 e. The van der Waals surface area contributed by atoms with Crippen molar-refractivity contribution in [2.45, 2.75) is 39.2 Å². The van der Waals surface area contributed by atoms with Gasteiger partial charge in [0.2, 0.25) is 0 Å². The summed E-state index contributed by atoms with van der Waals surface area (Å²) >= 11 is 5.99. The highest BCUT2D eigenvalue weighted by Gasteiger charge is 2.18. The van der Waals surface area contributed by atoms with Gasteiger partial charge in [-0.15, -0.1) is 0 Å². The van der Waals surface area contributed by atoms with Crippen molar-refractivity contribution in [2.24, 2.45) is 0 Å². The summed E-state index contributed by atoms with van der Waals surface area (Å²) in [6.07, 6.45) is 0.938. The fourth-order valence-electron chi connectivity index (χ4n) is 1.83. The molecule has 0 radical (unpaired) electrons. The van der Waals surface area contributed by atoms with Gasteiger partial charge in [-0.2, -0.15) is 0 Å². The smallest absolute Gasteiger partial charge is 0.305 e. The van der Waals surface area contributed by atoms with Crippen LogP contribution in [0.3, 0.4) is 0 Å². The molecule has 0 unspecified atom stereocenters. The maximum absolute atomic E-state index is 12.3. The molecule has 0 fully saturated rings. The van der Waals surface area contributed by atoms with Crippen LogP contribution in [0.5, 0.6) is 0 Å². The lowest BCUT2D eigenvalue weighted by Crippen LogP contribution is -2.40. The molecule has 0 aliphatic heterocycles. The molecule has 0 aromatic heterocycles. The van der Waals surface area contributed by atoms with Crippen molar-refractivity contribution in [3.05, 3.63) is 28.8 Å². The van der Waals surface area contributed by atoms with Crippen molar-refractivity contribution in [3.63, 3.8) is 0 Å². The Balaban J connectivity index is 2.74. The fraction of sp³-hybridized carbons (Fsp3) is 0.500. The molecular formula is C16H23ClN2O3. The molecule has 6 heteroatoms. The third-order valence-corrected chi connectivity index (χ3v) is 3.05. The number of nitrogens with one attached hydrogen (secondary N) is 2. The summed E-state index contributed by atoms with van der Waals surface area (Å²) in [5.74, 6) is -0.418. The van der Waals surface area contributed by atoms with Gasteiger partial charge in [0.05, 0.1) is 12.7 Å². The zero-order valence-electron chi connectivity index (χ0n) is 13.5. The summed E-state index contributed by atoms with van der Waals surface area (Å²) in [7, 11) is 1.36. The first-order valence-electron chi connectivity index (χ1n) is 7.15. The number of anilines is 1. The minimum Gasteiger partial charge on any atom is -0.469 e. The van der Waals surface area contributed by atoms with E-state index < -0.39 is 0 Å². The molecule has 0 saturated heterocycles. The monoisotopic (exact) mass is 326 g/mol. The van der Waals surface area contributed by atoms with Gasteiger partial charge in [0.25, 0.3) is 5.91 Å². The Labute approximate surface area is 136 Å². The largest absolute Gasteiger partial charge is 0.469 e. The van der Waals surface area contributed by atoms with Gasteiger partial charge in [-0.1, -0.05) is 11.6 Å². The van der Waals surface area contributed by atoms with E-state index >= 15 is 0 Å². The summed E-state index contributed by atoms with van der Waals surface area (Å²) < 4.78 is 4.59. The second-order valence-electron chi connectivity index (χ2n) is 6.00. The maximum atomic E-state index is 12.3. The van der Waals surface area contributed by atoms with Crippen LogP contribution in [0.2, 0.25) is 5.02 Å². The van der Waals surface area contributed by atoms with Gasteiger partial charge in [0.1, 0.15) is 0 Å². The molecule has 0 heterocycles. The van der Waals surface area contributed by atoms with Crippen LogP contribution < -0.4 is 10.6 Å². The van der Waals surface area contributed by atoms with Crippen LogP contribution in [-0.4, -0.2) is 31.1 Å². The molecule has 22 heavy (non-hydrogen) atoms. The summed E-state index contributed by atoms with van der Waals surface area (Å²) in [4.78, 5) is 23.4. The van der Waals surface area contributed by atoms with E-state index in [0.717, 1.165) is 0 Å². The van der Waals surface area contributed by atoms with Crippen LogP contribution >= 0.6 is 11.6 Å². The van der Waals surface area contributed by atoms with Gasteiger partial charge < -0.3 is 15.4 Å². The predicted molar refractivity (Wildman–Crippen MR) is 88.4 cm³/mol. The molecule has 0 aliphatic rings. The Morgan fingerprint density at radius 2 is 1.95 bits per heavy atom. The number of esters is 1. The molecule has 0 bridgehead atoms. The Kier molecular flexibility index (Phi) is 6.68. The van der Waals surface area contributed by atoms with Gasteiger partial charge in [-0.25, -0.2) is 0 Å². The van der Waals surface area contributed by atoms with Crippen molar-refractivity contribution < 1.29 is 14.3 Å². The summed E-state index contributed by atoms with van der Waals surface area (Å²) in [5, 5.41) is 6.61. The zero-order chi connectivity index (χ0) is 16.8. The second-order valence-corrected chi connectivity index (χ2v) is 6.44. The van der Waals surface area contributed by atoms with E-state index in [1.807, 2.05) is 20.8 Å². The SMILES string of the molecule is COC(=O)CCCNc1cc(Cl)ccc1C(=O)NC(C)(C)C. The molecule has 1 aromatic rings. The summed E-state index contributed by atoms with van der Waals surface area (Å²) in [6, 6.07) is 5.07. The molecule has 2 N–H and O–H groups in total. The standard InChI is InChI=1S/C16H23ClN2O3/c1-16(2,3)19-15(21)12-8-7-11(17)10-13(12)18-9-5-6-14(20)22-4/h7-8,10,18H,5-6,9H2,1-4H3,(H,19,21). The van der Waals surface area contributed by atoms with Gasteiger partial charge >= 0.3 is 5.97 Å². The number of hydrogen-bond acceptors (Lipinski definition) is 4. The molecule has 0 aliphatic carbocycles. The van der Waals surface area contributed by atoms with Gasteiger partial charge in [0, 0.05) is 29.2 Å². The predicted octanol–water partition coefficient (Wildman–Crippen LogP) is 3.23. The van der Waals surface area contributed by atoms with Crippen LogP contribution in [0.15, 0.2) is 18.2 Å². The van der Waals surface area contributed by atoms with Gasteiger partial charge in [0.15, 0.2) is 0 Å². The van der Waals surface area contributed by atoms with Crippen molar-refractivity contribution in [1.29, 1.82) is 0 Å². The average Bonchev–Trinajstić information content (AvgIpc) is 2.41. The van der Waals surface area contributed by atoms with E-state index in [4.69, 9.17) is 11.6 Å². The number of amides is 1. The first-order valence-corrected chi connectivity index (χ1v) is 7.53. The number of hydrogen-bond donors (Lipinski definition) is 2. The molecule has 0 saturated carbocycles. The van der Waals surface area contributed by atoms with Crippen molar-refractivity contribution in [1.82, 2.24) is 5.32 Å². The first-order chi connectivity index (χ1) is 10.2. The molecule has 0 atom stereocenters. The van der Waals surface area contributed by atoms with E-state index in [9.17, 15) is 9.59 Å². The second kappa shape index (κ2) is 8.03. The highest BCUT2D eigenvalue weighted by Crippen LogP contribution is 2.22. The summed E-state index contributed by atoms with van der Waals surface area (Å²) in [6.45, 7) is 6.31. The molecule has 1 aromatic carbocycles. The number of carbonyl (C=O) groups is 2. The number of carbonyl (C=O) groups excluding carboxylic acids is 2. The van der Waals surface area contributed by atoms with Crippen molar-refractivity contribution in [3.8, 4) is 0 Å². The van der Waals surface area contributed by atoms with Crippen LogP contribution in [-0.2, 0) is 9.53 Å². The van der Waals surface area contributed by atoms with Crippen molar-refractivity contribution >= 4 is 29.2 Å². The minimum atomic E-state index is -0.321. The van der Waals surface area contributed by atoms with E-state index in [1.54, 1.807) is 18.2 Å². The molecule has 0 spiro atoms. The molecule has 1 amide bonds. The molecule has 1 rings (SSSR count). The van der Waals surface area contributed by atoms with Crippen LogP contribution in [0.4, 0.5) is 5.69 Å². The first kappa shape index (κ1) is 18.3. The number of ether oxygens (including phenoxy) is 1. The van der Waals surface area contributed by atoms with Gasteiger partial charge in [-0.05, 0) is 45.4 Å². The molecule has 5 nitrogen and oxygen atoms in total.